The highest BCUT2D eigenvalue weighted by atomic mass is 79.9. The molecule has 2 aromatic carbocycles. The fraction of sp³-hybridized carbons (Fsp3) is 0.250. The van der Waals surface area contributed by atoms with Crippen LogP contribution in [0.2, 0.25) is 0 Å². The molecule has 0 bridgehead atoms. The van der Waals surface area contributed by atoms with Crippen LogP contribution in [-0.2, 0) is 0 Å². The molecule has 3 nitrogen and oxygen atoms in total. The molecule has 0 radical (unpaired) electrons. The van der Waals surface area contributed by atoms with Crippen LogP contribution >= 0.6 is 15.9 Å². The first kappa shape index (κ1) is 14.9. The number of hydrogen-bond acceptors (Lipinski definition) is 3. The maximum Gasteiger partial charge on any atom is 0.118 e. The lowest BCUT2D eigenvalue weighted by molar-refractivity contribution is 0.191. The third-order valence-corrected chi connectivity index (χ3v) is 4.11. The Hall–Kier alpha value is -1.52. The molecule has 0 aromatic heterocycles. The van der Waals surface area contributed by atoms with Gasteiger partial charge < -0.3 is 15.2 Å². The number of aliphatic hydroxyl groups excluding tert-OH is 1. The summed E-state index contributed by atoms with van der Waals surface area (Å²) in [6, 6.07) is 13.4. The van der Waals surface area contributed by atoms with E-state index in [0.717, 1.165) is 27.0 Å². The van der Waals surface area contributed by atoms with Crippen molar-refractivity contribution in [3.63, 3.8) is 0 Å². The van der Waals surface area contributed by atoms with Gasteiger partial charge in [0.1, 0.15) is 5.75 Å². The summed E-state index contributed by atoms with van der Waals surface area (Å²) >= 11 is 3.50. The van der Waals surface area contributed by atoms with Crippen LogP contribution in [0.25, 0.3) is 0 Å². The van der Waals surface area contributed by atoms with Crippen molar-refractivity contribution in [1.29, 1.82) is 0 Å². The topological polar surface area (TPSA) is 41.5 Å². The SMILES string of the molecule is COc1ccc(C(O)CNc2cccc(Br)c2C)cc1. The van der Waals surface area contributed by atoms with Gasteiger partial charge in [-0.2, -0.15) is 0 Å². The quantitative estimate of drug-likeness (QED) is 0.870. The van der Waals surface area contributed by atoms with Crippen molar-refractivity contribution < 1.29 is 9.84 Å². The molecule has 106 valence electrons. The maximum atomic E-state index is 10.2. The second-order valence-corrected chi connectivity index (χ2v) is 5.44. The van der Waals surface area contributed by atoms with Crippen LogP contribution in [0.15, 0.2) is 46.9 Å². The van der Waals surface area contributed by atoms with Gasteiger partial charge in [0.25, 0.3) is 0 Å². The van der Waals surface area contributed by atoms with Crippen molar-refractivity contribution in [2.75, 3.05) is 19.0 Å². The standard InChI is InChI=1S/C16H18BrNO2/c1-11-14(17)4-3-5-15(11)18-10-16(19)12-6-8-13(20-2)9-7-12/h3-9,16,18-19H,10H2,1-2H3. The molecule has 0 saturated heterocycles. The molecule has 0 heterocycles. The summed E-state index contributed by atoms with van der Waals surface area (Å²) in [7, 11) is 1.63. The second kappa shape index (κ2) is 6.77. The summed E-state index contributed by atoms with van der Waals surface area (Å²) in [6.07, 6.45) is -0.556. The predicted molar refractivity (Wildman–Crippen MR) is 85.3 cm³/mol. The summed E-state index contributed by atoms with van der Waals surface area (Å²) in [5.41, 5.74) is 3.02. The minimum Gasteiger partial charge on any atom is -0.497 e. The average Bonchev–Trinajstić information content (AvgIpc) is 2.48. The summed E-state index contributed by atoms with van der Waals surface area (Å²) < 4.78 is 6.16. The zero-order valence-electron chi connectivity index (χ0n) is 11.6. The van der Waals surface area contributed by atoms with Crippen LogP contribution in [-0.4, -0.2) is 18.8 Å². The van der Waals surface area contributed by atoms with E-state index in [1.165, 1.54) is 0 Å². The lowest BCUT2D eigenvalue weighted by Crippen LogP contribution is -2.12. The van der Waals surface area contributed by atoms with Gasteiger partial charge in [-0.15, -0.1) is 0 Å². The predicted octanol–water partition coefficient (Wildman–Crippen LogP) is 3.91. The van der Waals surface area contributed by atoms with Gasteiger partial charge >= 0.3 is 0 Å². The van der Waals surface area contributed by atoms with Crippen LogP contribution in [0.1, 0.15) is 17.2 Å². The molecule has 4 heteroatoms. The molecule has 0 aliphatic rings. The summed E-state index contributed by atoms with van der Waals surface area (Å²) in [5, 5.41) is 13.5. The van der Waals surface area contributed by atoms with Crippen LogP contribution in [0.5, 0.6) is 5.75 Å². The first-order chi connectivity index (χ1) is 9.61. The number of aliphatic hydroxyl groups is 1. The monoisotopic (exact) mass is 335 g/mol. The largest absolute Gasteiger partial charge is 0.497 e. The minimum absolute atomic E-state index is 0.462. The average molecular weight is 336 g/mol. The van der Waals surface area contributed by atoms with E-state index in [2.05, 4.69) is 21.2 Å². The number of anilines is 1. The number of rotatable bonds is 5. The summed E-state index contributed by atoms with van der Waals surface area (Å²) in [4.78, 5) is 0. The molecule has 0 aliphatic carbocycles. The van der Waals surface area contributed by atoms with Crippen molar-refractivity contribution in [2.24, 2.45) is 0 Å². The Morgan fingerprint density at radius 3 is 2.55 bits per heavy atom. The number of ether oxygens (including phenoxy) is 1. The van der Waals surface area contributed by atoms with Crippen molar-refractivity contribution in [3.05, 3.63) is 58.1 Å². The Morgan fingerprint density at radius 1 is 1.20 bits per heavy atom. The van der Waals surface area contributed by atoms with Gasteiger partial charge in [0, 0.05) is 16.7 Å². The van der Waals surface area contributed by atoms with E-state index in [1.54, 1.807) is 7.11 Å². The van der Waals surface area contributed by atoms with Gasteiger partial charge in [-0.05, 0) is 42.3 Å². The van der Waals surface area contributed by atoms with Crippen LogP contribution in [0.4, 0.5) is 5.69 Å². The number of methoxy groups -OCH3 is 1. The van der Waals surface area contributed by atoms with Gasteiger partial charge in [-0.1, -0.05) is 34.1 Å². The third kappa shape index (κ3) is 3.52. The molecule has 0 aliphatic heterocycles. The van der Waals surface area contributed by atoms with E-state index in [-0.39, 0.29) is 0 Å². The van der Waals surface area contributed by atoms with Crippen LogP contribution in [0, 0.1) is 6.92 Å². The van der Waals surface area contributed by atoms with Crippen molar-refractivity contribution in [2.45, 2.75) is 13.0 Å². The summed E-state index contributed by atoms with van der Waals surface area (Å²) in [6.45, 7) is 2.50. The number of hydrogen-bond donors (Lipinski definition) is 2. The fourth-order valence-electron chi connectivity index (χ4n) is 1.95. The third-order valence-electron chi connectivity index (χ3n) is 3.25. The van der Waals surface area contributed by atoms with Crippen molar-refractivity contribution in [3.8, 4) is 5.75 Å². The molecular formula is C16H18BrNO2. The molecule has 0 saturated carbocycles. The van der Waals surface area contributed by atoms with E-state index in [4.69, 9.17) is 4.74 Å². The molecule has 20 heavy (non-hydrogen) atoms. The van der Waals surface area contributed by atoms with E-state index in [1.807, 2.05) is 49.4 Å². The number of benzene rings is 2. The molecule has 2 rings (SSSR count). The lowest BCUT2D eigenvalue weighted by atomic mass is 10.1. The molecular weight excluding hydrogens is 318 g/mol. The molecule has 0 amide bonds. The Bertz CT molecular complexity index is 569. The number of nitrogens with one attached hydrogen (secondary N) is 1. The number of halogens is 1. The smallest absolute Gasteiger partial charge is 0.118 e. The summed E-state index contributed by atoms with van der Waals surface area (Å²) in [5.74, 6) is 0.789. The molecule has 0 fully saturated rings. The molecule has 0 spiro atoms. The second-order valence-electron chi connectivity index (χ2n) is 4.58. The van der Waals surface area contributed by atoms with E-state index >= 15 is 0 Å². The molecule has 2 N–H and O–H groups in total. The zero-order valence-corrected chi connectivity index (χ0v) is 13.1. The van der Waals surface area contributed by atoms with E-state index < -0.39 is 6.10 Å². The first-order valence-electron chi connectivity index (χ1n) is 6.43. The van der Waals surface area contributed by atoms with Gasteiger partial charge in [-0.3, -0.25) is 0 Å². The van der Waals surface area contributed by atoms with Gasteiger partial charge in [-0.25, -0.2) is 0 Å². The van der Waals surface area contributed by atoms with Gasteiger partial charge in [0.15, 0.2) is 0 Å². The highest BCUT2D eigenvalue weighted by Crippen LogP contribution is 2.24. The Morgan fingerprint density at radius 2 is 1.90 bits per heavy atom. The van der Waals surface area contributed by atoms with Crippen molar-refractivity contribution in [1.82, 2.24) is 0 Å². The van der Waals surface area contributed by atoms with Crippen molar-refractivity contribution >= 4 is 21.6 Å². The highest BCUT2D eigenvalue weighted by Gasteiger charge is 2.08. The lowest BCUT2D eigenvalue weighted by Gasteiger charge is -2.15. The minimum atomic E-state index is -0.556. The van der Waals surface area contributed by atoms with Crippen LogP contribution in [0.3, 0.4) is 0 Å². The normalized spacial score (nSPS) is 12.0. The molecule has 1 unspecified atom stereocenters. The zero-order chi connectivity index (χ0) is 14.5. The Labute approximate surface area is 127 Å². The van der Waals surface area contributed by atoms with Crippen LogP contribution < -0.4 is 10.1 Å². The van der Waals surface area contributed by atoms with E-state index in [0.29, 0.717) is 6.54 Å². The first-order valence-corrected chi connectivity index (χ1v) is 7.22. The Balaban J connectivity index is 2.00. The molecule has 2 aromatic rings. The van der Waals surface area contributed by atoms with Gasteiger partial charge in [0.05, 0.1) is 13.2 Å². The fourth-order valence-corrected chi connectivity index (χ4v) is 2.32. The Kier molecular flexibility index (Phi) is 5.04. The maximum absolute atomic E-state index is 10.2. The van der Waals surface area contributed by atoms with E-state index in [9.17, 15) is 5.11 Å². The van der Waals surface area contributed by atoms with Gasteiger partial charge in [0.2, 0.25) is 0 Å². The highest BCUT2D eigenvalue weighted by molar-refractivity contribution is 9.10. The molecule has 1 atom stereocenters.